The number of amides is 3. The van der Waals surface area contributed by atoms with Gasteiger partial charge in [0.05, 0.1) is 5.69 Å². The van der Waals surface area contributed by atoms with Crippen molar-refractivity contribution in [1.29, 1.82) is 0 Å². The number of carbonyl (C=O) groups is 3. The Hall–Kier alpha value is -4.57. The largest absolute Gasteiger partial charge is 0.445 e. The van der Waals surface area contributed by atoms with Gasteiger partial charge in [0.25, 0.3) is 5.91 Å². The third-order valence-electron chi connectivity index (χ3n) is 6.11. The zero-order valence-corrected chi connectivity index (χ0v) is 21.2. The van der Waals surface area contributed by atoms with Gasteiger partial charge in [-0.2, -0.15) is 0 Å². The summed E-state index contributed by atoms with van der Waals surface area (Å²) in [5.74, 6) is -0.513. The van der Waals surface area contributed by atoms with Crippen LogP contribution in [0.3, 0.4) is 0 Å². The Labute approximate surface area is 223 Å². The van der Waals surface area contributed by atoms with Gasteiger partial charge >= 0.3 is 6.09 Å². The van der Waals surface area contributed by atoms with Gasteiger partial charge < -0.3 is 15.4 Å². The Kier molecular flexibility index (Phi) is 7.70. The molecule has 0 bridgehead atoms. The first-order valence-electron chi connectivity index (χ1n) is 12.1. The van der Waals surface area contributed by atoms with Crippen LogP contribution in [0.4, 0.5) is 15.6 Å². The van der Waals surface area contributed by atoms with Crippen LogP contribution in [0, 0.1) is 0 Å². The number of hydrogen-bond acceptors (Lipinski definition) is 7. The highest BCUT2D eigenvalue weighted by Gasteiger charge is 2.35. The summed E-state index contributed by atoms with van der Waals surface area (Å²) in [6, 6.07) is 19.3. The first-order valence-corrected chi connectivity index (χ1v) is 13.0. The molecule has 192 valence electrons. The Morgan fingerprint density at radius 3 is 2.50 bits per heavy atom. The molecule has 1 aliphatic rings. The molecule has 38 heavy (non-hydrogen) atoms. The lowest BCUT2D eigenvalue weighted by Gasteiger charge is -2.22. The molecule has 9 nitrogen and oxygen atoms in total. The summed E-state index contributed by atoms with van der Waals surface area (Å²) in [4.78, 5) is 48.0. The van der Waals surface area contributed by atoms with Crippen LogP contribution in [0.2, 0.25) is 0 Å². The average Bonchev–Trinajstić information content (AvgIpc) is 3.63. The molecule has 2 aromatic carbocycles. The summed E-state index contributed by atoms with van der Waals surface area (Å²) in [7, 11) is 0. The molecule has 1 saturated heterocycles. The monoisotopic (exact) mass is 527 g/mol. The molecular weight excluding hydrogens is 502 g/mol. The van der Waals surface area contributed by atoms with E-state index in [0.717, 1.165) is 17.5 Å². The van der Waals surface area contributed by atoms with Gasteiger partial charge in [0.15, 0.2) is 5.13 Å². The molecule has 1 fully saturated rings. The van der Waals surface area contributed by atoms with Crippen molar-refractivity contribution in [3.05, 3.63) is 95.6 Å². The minimum Gasteiger partial charge on any atom is -0.445 e. The summed E-state index contributed by atoms with van der Waals surface area (Å²) in [6.07, 6.45) is 4.01. The van der Waals surface area contributed by atoms with Crippen LogP contribution in [0.5, 0.6) is 0 Å². The highest BCUT2D eigenvalue weighted by atomic mass is 32.1. The molecule has 10 heteroatoms. The van der Waals surface area contributed by atoms with E-state index in [-0.39, 0.29) is 18.4 Å². The maximum absolute atomic E-state index is 13.0. The number of pyridine rings is 1. The molecule has 0 aliphatic carbocycles. The molecule has 3 heterocycles. The fraction of sp³-hybridized carbons (Fsp3) is 0.179. The van der Waals surface area contributed by atoms with Crippen LogP contribution >= 0.6 is 11.3 Å². The van der Waals surface area contributed by atoms with E-state index in [2.05, 4.69) is 20.6 Å². The van der Waals surface area contributed by atoms with Gasteiger partial charge in [0.2, 0.25) is 5.91 Å². The van der Waals surface area contributed by atoms with E-state index in [1.807, 2.05) is 47.8 Å². The number of nitrogens with one attached hydrogen (secondary N) is 2. The second-order valence-electron chi connectivity index (χ2n) is 8.69. The number of nitrogens with zero attached hydrogens (tertiary/aromatic N) is 3. The van der Waals surface area contributed by atoms with Crippen molar-refractivity contribution in [2.75, 3.05) is 17.2 Å². The minimum absolute atomic E-state index is 0.157. The summed E-state index contributed by atoms with van der Waals surface area (Å²) < 4.78 is 5.43. The maximum atomic E-state index is 13.0. The molecule has 0 unspecified atom stereocenters. The van der Waals surface area contributed by atoms with E-state index in [4.69, 9.17) is 4.74 Å². The van der Waals surface area contributed by atoms with E-state index in [1.54, 1.807) is 36.7 Å². The highest BCUT2D eigenvalue weighted by molar-refractivity contribution is 7.14. The second-order valence-corrected chi connectivity index (χ2v) is 9.54. The molecule has 4 aromatic rings. The third kappa shape index (κ3) is 6.04. The van der Waals surface area contributed by atoms with E-state index in [9.17, 15) is 14.4 Å². The quantitative estimate of drug-likeness (QED) is 0.342. The van der Waals surface area contributed by atoms with Gasteiger partial charge in [-0.3, -0.25) is 19.5 Å². The summed E-state index contributed by atoms with van der Waals surface area (Å²) >= 11 is 1.30. The predicted molar refractivity (Wildman–Crippen MR) is 145 cm³/mol. The summed E-state index contributed by atoms with van der Waals surface area (Å²) in [5, 5.41) is 7.93. The van der Waals surface area contributed by atoms with E-state index < -0.39 is 12.1 Å². The zero-order valence-electron chi connectivity index (χ0n) is 20.4. The van der Waals surface area contributed by atoms with Crippen LogP contribution < -0.4 is 10.6 Å². The van der Waals surface area contributed by atoms with E-state index >= 15 is 0 Å². The minimum atomic E-state index is -0.608. The molecule has 5 rings (SSSR count). The molecule has 0 radical (unpaired) electrons. The fourth-order valence-corrected chi connectivity index (χ4v) is 4.87. The molecule has 2 N–H and O–H groups in total. The number of rotatable bonds is 7. The number of likely N-dealkylation sites (tertiary alicyclic amines) is 1. The van der Waals surface area contributed by atoms with Crippen molar-refractivity contribution in [2.45, 2.75) is 25.5 Å². The van der Waals surface area contributed by atoms with Gasteiger partial charge in [-0.25, -0.2) is 9.78 Å². The van der Waals surface area contributed by atoms with Gasteiger partial charge in [-0.05, 0) is 42.7 Å². The Morgan fingerprint density at radius 2 is 1.74 bits per heavy atom. The average molecular weight is 528 g/mol. The Bertz CT molecular complexity index is 1410. The molecule has 1 aliphatic heterocycles. The van der Waals surface area contributed by atoms with Crippen LogP contribution in [0.1, 0.15) is 28.8 Å². The van der Waals surface area contributed by atoms with Crippen molar-refractivity contribution >= 4 is 40.1 Å². The van der Waals surface area contributed by atoms with Gasteiger partial charge in [0.1, 0.15) is 12.6 Å². The fourth-order valence-electron chi connectivity index (χ4n) is 4.14. The van der Waals surface area contributed by atoms with Gasteiger partial charge in [0, 0.05) is 41.1 Å². The van der Waals surface area contributed by atoms with Crippen LogP contribution in [-0.4, -0.2) is 45.4 Å². The maximum Gasteiger partial charge on any atom is 0.410 e. The van der Waals surface area contributed by atoms with Gasteiger partial charge in [-0.15, -0.1) is 11.3 Å². The predicted octanol–water partition coefficient (Wildman–Crippen LogP) is 5.20. The number of hydrogen-bond donors (Lipinski definition) is 2. The molecule has 3 amide bonds. The first-order chi connectivity index (χ1) is 18.6. The zero-order chi connectivity index (χ0) is 26.3. The van der Waals surface area contributed by atoms with Crippen molar-refractivity contribution < 1.29 is 19.1 Å². The standard InChI is InChI=1S/C28H25N5O4S/c34-25(30-22-12-14-29-15-13-22)21-10-8-20(9-11-21)23-18-38-27(31-23)32-26(35)24-7-4-16-33(24)28(36)37-17-19-5-2-1-3-6-19/h1-3,5-6,8-15,18,24H,4,7,16-17H2,(H,29,30,34)(H,31,32,35)/t24-/m1/s1. The molecule has 0 spiro atoms. The van der Waals surface area contributed by atoms with E-state index in [1.165, 1.54) is 16.2 Å². The van der Waals surface area contributed by atoms with E-state index in [0.29, 0.717) is 35.0 Å². The number of aromatic nitrogens is 2. The topological polar surface area (TPSA) is 114 Å². The van der Waals surface area contributed by atoms with Crippen LogP contribution in [0.15, 0.2) is 84.5 Å². The molecule has 1 atom stereocenters. The number of benzene rings is 2. The smallest absolute Gasteiger partial charge is 0.410 e. The summed E-state index contributed by atoms with van der Waals surface area (Å²) in [6.45, 7) is 0.625. The normalized spacial score (nSPS) is 14.6. The van der Waals surface area contributed by atoms with Crippen molar-refractivity contribution in [3.8, 4) is 11.3 Å². The van der Waals surface area contributed by atoms with Crippen LogP contribution in [-0.2, 0) is 16.1 Å². The molecule has 0 saturated carbocycles. The highest BCUT2D eigenvalue weighted by Crippen LogP contribution is 2.27. The molecule has 2 aromatic heterocycles. The molecular formula is C28H25N5O4S. The number of anilines is 2. The van der Waals surface area contributed by atoms with Gasteiger partial charge in [-0.1, -0.05) is 42.5 Å². The van der Waals surface area contributed by atoms with Crippen molar-refractivity contribution in [3.63, 3.8) is 0 Å². The SMILES string of the molecule is O=C(Nc1ccncc1)c1ccc(-c2csc(NC(=O)[C@H]3CCCN3C(=O)OCc3ccccc3)n2)cc1. The van der Waals surface area contributed by atoms with Crippen molar-refractivity contribution in [2.24, 2.45) is 0 Å². The first kappa shape index (κ1) is 25.1. The van der Waals surface area contributed by atoms with Crippen LogP contribution in [0.25, 0.3) is 11.3 Å². The number of thiazole rings is 1. The van der Waals surface area contributed by atoms with Crippen molar-refractivity contribution in [1.82, 2.24) is 14.9 Å². The summed E-state index contributed by atoms with van der Waals surface area (Å²) in [5.41, 5.74) is 3.55. The lowest BCUT2D eigenvalue weighted by molar-refractivity contribution is -0.120. The third-order valence-corrected chi connectivity index (χ3v) is 6.87. The lowest BCUT2D eigenvalue weighted by Crippen LogP contribution is -2.43. The Balaban J connectivity index is 1.17. The second kappa shape index (κ2) is 11.7. The Morgan fingerprint density at radius 1 is 0.974 bits per heavy atom. The number of ether oxygens (including phenoxy) is 1. The number of carbonyl (C=O) groups excluding carboxylic acids is 3. The lowest BCUT2D eigenvalue weighted by atomic mass is 10.1.